The highest BCUT2D eigenvalue weighted by Crippen LogP contribution is 2.26. The highest BCUT2D eigenvalue weighted by Gasteiger charge is 2.34. The van der Waals surface area contributed by atoms with Gasteiger partial charge in [0.1, 0.15) is 0 Å². The van der Waals surface area contributed by atoms with Gasteiger partial charge >= 0.3 is 5.97 Å². The van der Waals surface area contributed by atoms with E-state index in [0.717, 1.165) is 6.42 Å². The third-order valence-electron chi connectivity index (χ3n) is 3.82. The lowest BCUT2D eigenvalue weighted by atomic mass is 10.0. The molecule has 1 aliphatic carbocycles. The molecule has 7 nitrogen and oxygen atoms in total. The fourth-order valence-electron chi connectivity index (χ4n) is 2.63. The molecule has 0 unspecified atom stereocenters. The number of nitro groups is 1. The van der Waals surface area contributed by atoms with Crippen molar-refractivity contribution in [3.8, 4) is 0 Å². The van der Waals surface area contributed by atoms with Gasteiger partial charge in [-0.1, -0.05) is 12.5 Å². The predicted molar refractivity (Wildman–Crippen MR) is 74.1 cm³/mol. The number of hydrogen-bond donors (Lipinski definition) is 2. The lowest BCUT2D eigenvalue weighted by Crippen LogP contribution is -2.40. The molecule has 2 N–H and O–H groups in total. The van der Waals surface area contributed by atoms with Gasteiger partial charge in [0.15, 0.2) is 0 Å². The number of carboxylic acids is 1. The fraction of sp³-hybridized carbons (Fsp3) is 0.429. The summed E-state index contributed by atoms with van der Waals surface area (Å²) in [6.45, 7) is 1.59. The maximum Gasteiger partial charge on any atom is 0.308 e. The van der Waals surface area contributed by atoms with Crippen LogP contribution < -0.4 is 5.32 Å². The Labute approximate surface area is 121 Å². The molecule has 1 aliphatic rings. The summed E-state index contributed by atoms with van der Waals surface area (Å²) < 4.78 is 0. The second-order valence-corrected chi connectivity index (χ2v) is 5.21. The third kappa shape index (κ3) is 3.18. The number of carbonyl (C=O) groups is 2. The minimum Gasteiger partial charge on any atom is -0.481 e. The number of amides is 1. The summed E-state index contributed by atoms with van der Waals surface area (Å²) in [5.41, 5.74) is 0.521. The minimum absolute atomic E-state index is 0.121. The third-order valence-corrected chi connectivity index (χ3v) is 3.82. The Morgan fingerprint density at radius 1 is 1.38 bits per heavy atom. The molecule has 2 atom stereocenters. The molecule has 0 bridgehead atoms. The van der Waals surface area contributed by atoms with E-state index in [1.54, 1.807) is 6.92 Å². The molecule has 1 fully saturated rings. The van der Waals surface area contributed by atoms with Gasteiger partial charge in [-0.2, -0.15) is 0 Å². The molecule has 0 radical (unpaired) electrons. The van der Waals surface area contributed by atoms with E-state index in [4.69, 9.17) is 5.11 Å². The number of carboxylic acid groups (broad SMARTS) is 1. The van der Waals surface area contributed by atoms with Crippen molar-refractivity contribution in [2.24, 2.45) is 5.92 Å². The highest BCUT2D eigenvalue weighted by atomic mass is 16.6. The Balaban J connectivity index is 2.15. The van der Waals surface area contributed by atoms with Gasteiger partial charge in [0.2, 0.25) is 0 Å². The van der Waals surface area contributed by atoms with Crippen LogP contribution >= 0.6 is 0 Å². The molecule has 0 aromatic heterocycles. The van der Waals surface area contributed by atoms with Crippen molar-refractivity contribution < 1.29 is 19.6 Å². The number of rotatable bonds is 4. The number of benzene rings is 1. The normalized spacial score (nSPS) is 21.0. The fourth-order valence-corrected chi connectivity index (χ4v) is 2.63. The summed E-state index contributed by atoms with van der Waals surface area (Å²) in [5, 5.41) is 22.6. The SMILES string of the molecule is Cc1ccc(C(=O)N[C@@H]2CCC[C@@H]2C(=O)O)cc1[N+](=O)[O-]. The van der Waals surface area contributed by atoms with Crippen LogP contribution in [-0.4, -0.2) is 27.9 Å². The van der Waals surface area contributed by atoms with Crippen LogP contribution in [0.15, 0.2) is 18.2 Å². The summed E-state index contributed by atoms with van der Waals surface area (Å²) >= 11 is 0. The number of aliphatic carboxylic acids is 1. The molecule has 2 rings (SSSR count). The highest BCUT2D eigenvalue weighted by molar-refractivity contribution is 5.95. The molecular weight excluding hydrogens is 276 g/mol. The first-order valence-electron chi connectivity index (χ1n) is 6.69. The first kappa shape index (κ1) is 15.0. The summed E-state index contributed by atoms with van der Waals surface area (Å²) in [7, 11) is 0. The van der Waals surface area contributed by atoms with Crippen molar-refractivity contribution in [2.75, 3.05) is 0 Å². The minimum atomic E-state index is -0.923. The topological polar surface area (TPSA) is 110 Å². The number of nitrogens with zero attached hydrogens (tertiary/aromatic N) is 1. The van der Waals surface area contributed by atoms with Crippen LogP contribution in [0.25, 0.3) is 0 Å². The first-order valence-corrected chi connectivity index (χ1v) is 6.69. The molecule has 21 heavy (non-hydrogen) atoms. The molecule has 1 saturated carbocycles. The maximum absolute atomic E-state index is 12.1. The van der Waals surface area contributed by atoms with Crippen LogP contribution in [0.5, 0.6) is 0 Å². The average molecular weight is 292 g/mol. The van der Waals surface area contributed by atoms with E-state index in [1.165, 1.54) is 18.2 Å². The van der Waals surface area contributed by atoms with Crippen molar-refractivity contribution in [1.29, 1.82) is 0 Å². The molecule has 112 valence electrons. The summed E-state index contributed by atoms with van der Waals surface area (Å²) in [4.78, 5) is 33.5. The van der Waals surface area contributed by atoms with Crippen molar-refractivity contribution in [3.05, 3.63) is 39.4 Å². The Morgan fingerprint density at radius 3 is 2.71 bits per heavy atom. The molecule has 1 amide bonds. The monoisotopic (exact) mass is 292 g/mol. The maximum atomic E-state index is 12.1. The zero-order valence-electron chi connectivity index (χ0n) is 11.5. The zero-order chi connectivity index (χ0) is 15.6. The lowest BCUT2D eigenvalue weighted by molar-refractivity contribution is -0.385. The Bertz CT molecular complexity index is 599. The standard InChI is InChI=1S/C14H16N2O5/c1-8-5-6-9(7-12(8)16(20)21)13(17)15-11-4-2-3-10(11)14(18)19/h5-7,10-11H,2-4H2,1H3,(H,15,17)(H,18,19)/t10-,11+/m0/s1. The molecule has 0 spiro atoms. The van der Waals surface area contributed by atoms with E-state index < -0.39 is 28.8 Å². The van der Waals surface area contributed by atoms with Crippen LogP contribution in [0, 0.1) is 23.0 Å². The Kier molecular flexibility index (Phi) is 4.21. The van der Waals surface area contributed by atoms with Gasteiger partial charge in [0.25, 0.3) is 11.6 Å². The lowest BCUT2D eigenvalue weighted by Gasteiger charge is -2.17. The average Bonchev–Trinajstić information content (AvgIpc) is 2.87. The Hall–Kier alpha value is -2.44. The second-order valence-electron chi connectivity index (χ2n) is 5.21. The van der Waals surface area contributed by atoms with E-state index in [1.807, 2.05) is 0 Å². The largest absolute Gasteiger partial charge is 0.481 e. The van der Waals surface area contributed by atoms with E-state index in [0.29, 0.717) is 18.4 Å². The molecule has 0 aliphatic heterocycles. The van der Waals surface area contributed by atoms with Crippen LogP contribution in [0.3, 0.4) is 0 Å². The van der Waals surface area contributed by atoms with Gasteiger partial charge in [0.05, 0.1) is 10.8 Å². The van der Waals surface area contributed by atoms with Gasteiger partial charge < -0.3 is 10.4 Å². The Morgan fingerprint density at radius 2 is 2.10 bits per heavy atom. The van der Waals surface area contributed by atoms with Gasteiger partial charge in [-0.05, 0) is 25.8 Å². The molecular formula is C14H16N2O5. The number of hydrogen-bond acceptors (Lipinski definition) is 4. The number of aryl methyl sites for hydroxylation is 1. The quantitative estimate of drug-likeness (QED) is 0.650. The molecule has 1 aromatic carbocycles. The molecule has 0 saturated heterocycles. The zero-order valence-corrected chi connectivity index (χ0v) is 11.5. The van der Waals surface area contributed by atoms with Crippen molar-refractivity contribution in [2.45, 2.75) is 32.2 Å². The summed E-state index contributed by atoms with van der Waals surface area (Å²) in [6, 6.07) is 3.81. The smallest absolute Gasteiger partial charge is 0.308 e. The van der Waals surface area contributed by atoms with Gasteiger partial charge in [0, 0.05) is 23.2 Å². The van der Waals surface area contributed by atoms with Crippen LogP contribution in [-0.2, 0) is 4.79 Å². The second kappa shape index (κ2) is 5.90. The van der Waals surface area contributed by atoms with Gasteiger partial charge in [-0.15, -0.1) is 0 Å². The number of carbonyl (C=O) groups excluding carboxylic acids is 1. The number of nitro benzene ring substituents is 1. The van der Waals surface area contributed by atoms with Crippen molar-refractivity contribution in [1.82, 2.24) is 5.32 Å². The van der Waals surface area contributed by atoms with Gasteiger partial charge in [-0.25, -0.2) is 0 Å². The van der Waals surface area contributed by atoms with E-state index >= 15 is 0 Å². The number of nitrogens with one attached hydrogen (secondary N) is 1. The molecule has 0 heterocycles. The van der Waals surface area contributed by atoms with Crippen LogP contribution in [0.1, 0.15) is 35.2 Å². The molecule has 1 aromatic rings. The summed E-state index contributed by atoms with van der Waals surface area (Å²) in [6.07, 6.45) is 1.89. The summed E-state index contributed by atoms with van der Waals surface area (Å²) in [5.74, 6) is -1.99. The van der Waals surface area contributed by atoms with Crippen LogP contribution in [0.2, 0.25) is 0 Å². The van der Waals surface area contributed by atoms with Crippen LogP contribution in [0.4, 0.5) is 5.69 Å². The van der Waals surface area contributed by atoms with Crippen molar-refractivity contribution >= 4 is 17.6 Å². The van der Waals surface area contributed by atoms with Gasteiger partial charge in [-0.3, -0.25) is 19.7 Å². The predicted octanol–water partition coefficient (Wildman–Crippen LogP) is 1.89. The first-order chi connectivity index (χ1) is 9.90. The van der Waals surface area contributed by atoms with E-state index in [-0.39, 0.29) is 11.3 Å². The van der Waals surface area contributed by atoms with Crippen molar-refractivity contribution in [3.63, 3.8) is 0 Å². The van der Waals surface area contributed by atoms with E-state index in [2.05, 4.69) is 5.32 Å². The van der Waals surface area contributed by atoms with E-state index in [9.17, 15) is 19.7 Å². The molecule has 7 heteroatoms.